The van der Waals surface area contributed by atoms with Crippen LogP contribution in [0.5, 0.6) is 0 Å². The monoisotopic (exact) mass is 319 g/mol. The van der Waals surface area contributed by atoms with Gasteiger partial charge in [0.25, 0.3) is 5.91 Å². The van der Waals surface area contributed by atoms with Gasteiger partial charge >= 0.3 is 0 Å². The number of halogens is 3. The number of benzene rings is 1. The number of hydrogen-bond acceptors (Lipinski definition) is 1. The van der Waals surface area contributed by atoms with Crippen LogP contribution in [0.15, 0.2) is 18.2 Å². The zero-order valence-electron chi connectivity index (χ0n) is 10.5. The first kappa shape index (κ1) is 15.0. The van der Waals surface area contributed by atoms with Crippen LogP contribution in [0, 0.1) is 0 Å². The highest BCUT2D eigenvalue weighted by atomic mass is 35.5. The van der Waals surface area contributed by atoms with Crippen LogP contribution >= 0.6 is 34.8 Å². The smallest absolute Gasteiger partial charge is 0.255 e. The first-order chi connectivity index (χ1) is 9.15. The van der Waals surface area contributed by atoms with Crippen LogP contribution in [-0.2, 0) is 0 Å². The SMILES string of the molecule is O=C(c1cccc(Cl)c1Cl)N(CCCl)C1CCCC1. The molecule has 0 radical (unpaired) electrons. The van der Waals surface area contributed by atoms with Gasteiger partial charge in [0.15, 0.2) is 0 Å². The molecule has 0 heterocycles. The molecular weight excluding hydrogens is 305 g/mol. The summed E-state index contributed by atoms with van der Waals surface area (Å²) in [6.07, 6.45) is 4.42. The highest BCUT2D eigenvalue weighted by molar-refractivity contribution is 6.43. The Hall–Kier alpha value is -0.440. The zero-order valence-corrected chi connectivity index (χ0v) is 12.8. The molecule has 5 heteroatoms. The molecule has 1 aliphatic rings. The number of amides is 1. The maximum Gasteiger partial charge on any atom is 0.255 e. The average Bonchev–Trinajstić information content (AvgIpc) is 2.92. The summed E-state index contributed by atoms with van der Waals surface area (Å²) in [5.74, 6) is 0.362. The summed E-state index contributed by atoms with van der Waals surface area (Å²) in [6, 6.07) is 5.42. The van der Waals surface area contributed by atoms with Crippen molar-refractivity contribution in [3.05, 3.63) is 33.8 Å². The first-order valence-electron chi connectivity index (χ1n) is 6.46. The van der Waals surface area contributed by atoms with Crippen LogP contribution < -0.4 is 0 Å². The van der Waals surface area contributed by atoms with E-state index >= 15 is 0 Å². The van der Waals surface area contributed by atoms with Gasteiger partial charge in [-0.2, -0.15) is 0 Å². The summed E-state index contributed by atoms with van der Waals surface area (Å²) in [4.78, 5) is 14.5. The Kier molecular flexibility index (Phi) is 5.37. The van der Waals surface area contributed by atoms with E-state index in [2.05, 4.69) is 0 Å². The molecule has 1 amide bonds. The predicted octanol–water partition coefficient (Wildman–Crippen LogP) is 4.62. The van der Waals surface area contributed by atoms with Crippen LogP contribution in [0.4, 0.5) is 0 Å². The van der Waals surface area contributed by atoms with Gasteiger partial charge in [-0.1, -0.05) is 42.1 Å². The molecule has 0 spiro atoms. The van der Waals surface area contributed by atoms with Crippen molar-refractivity contribution in [2.45, 2.75) is 31.7 Å². The zero-order chi connectivity index (χ0) is 13.8. The van der Waals surface area contributed by atoms with Gasteiger partial charge in [0.05, 0.1) is 15.6 Å². The van der Waals surface area contributed by atoms with Crippen molar-refractivity contribution in [3.63, 3.8) is 0 Å². The van der Waals surface area contributed by atoms with Crippen LogP contribution in [0.1, 0.15) is 36.0 Å². The summed E-state index contributed by atoms with van der Waals surface area (Å²) >= 11 is 17.9. The third-order valence-corrected chi connectivity index (χ3v) is 4.52. The fraction of sp³-hybridized carbons (Fsp3) is 0.500. The Morgan fingerprint density at radius 3 is 2.58 bits per heavy atom. The van der Waals surface area contributed by atoms with Gasteiger partial charge in [-0.25, -0.2) is 0 Å². The van der Waals surface area contributed by atoms with E-state index in [0.717, 1.165) is 12.8 Å². The van der Waals surface area contributed by atoms with E-state index in [4.69, 9.17) is 34.8 Å². The lowest BCUT2D eigenvalue weighted by atomic mass is 10.1. The van der Waals surface area contributed by atoms with Gasteiger partial charge in [0.2, 0.25) is 0 Å². The molecule has 0 aromatic heterocycles. The highest BCUT2D eigenvalue weighted by Crippen LogP contribution is 2.29. The minimum atomic E-state index is -0.0694. The van der Waals surface area contributed by atoms with Gasteiger partial charge in [0.1, 0.15) is 0 Å². The molecule has 0 atom stereocenters. The third-order valence-electron chi connectivity index (χ3n) is 3.53. The van der Waals surface area contributed by atoms with Gasteiger partial charge in [-0.05, 0) is 25.0 Å². The Morgan fingerprint density at radius 1 is 1.26 bits per heavy atom. The Labute approximate surface area is 128 Å². The summed E-state index contributed by atoms with van der Waals surface area (Å²) in [7, 11) is 0. The first-order valence-corrected chi connectivity index (χ1v) is 7.75. The van der Waals surface area contributed by atoms with E-state index in [9.17, 15) is 4.79 Å². The standard InChI is InChI=1S/C14H16Cl3NO/c15-8-9-18(10-4-1-2-5-10)14(19)11-6-3-7-12(16)13(11)17/h3,6-7,10H,1-2,4-5,8-9H2. The van der Waals surface area contributed by atoms with E-state index in [1.807, 2.05) is 4.90 Å². The lowest BCUT2D eigenvalue weighted by molar-refractivity contribution is 0.0695. The second-order valence-electron chi connectivity index (χ2n) is 4.73. The molecule has 1 aliphatic carbocycles. The van der Waals surface area contributed by atoms with Crippen molar-refractivity contribution in [2.75, 3.05) is 12.4 Å². The van der Waals surface area contributed by atoms with Gasteiger partial charge in [-0.15, -0.1) is 11.6 Å². The minimum absolute atomic E-state index is 0.0694. The summed E-state index contributed by atoms with van der Waals surface area (Å²) in [6.45, 7) is 0.550. The molecule has 1 aromatic rings. The number of nitrogens with zero attached hydrogens (tertiary/aromatic N) is 1. The van der Waals surface area contributed by atoms with Crippen LogP contribution in [0.3, 0.4) is 0 Å². The molecule has 1 aromatic carbocycles. The second kappa shape index (κ2) is 6.83. The highest BCUT2D eigenvalue weighted by Gasteiger charge is 2.28. The Balaban J connectivity index is 2.25. The molecule has 1 fully saturated rings. The molecule has 0 saturated heterocycles. The van der Waals surface area contributed by atoms with Crippen molar-refractivity contribution < 1.29 is 4.79 Å². The van der Waals surface area contributed by atoms with Crippen molar-refractivity contribution in [2.24, 2.45) is 0 Å². The van der Waals surface area contributed by atoms with E-state index in [-0.39, 0.29) is 11.9 Å². The maximum atomic E-state index is 12.6. The molecule has 104 valence electrons. The normalized spacial score (nSPS) is 15.7. The molecule has 2 nitrogen and oxygen atoms in total. The van der Waals surface area contributed by atoms with Gasteiger partial charge < -0.3 is 4.90 Å². The molecule has 0 unspecified atom stereocenters. The van der Waals surface area contributed by atoms with Crippen molar-refractivity contribution in [3.8, 4) is 0 Å². The van der Waals surface area contributed by atoms with E-state index in [1.54, 1.807) is 18.2 Å². The van der Waals surface area contributed by atoms with Crippen LogP contribution in [0.25, 0.3) is 0 Å². The third kappa shape index (κ3) is 3.36. The summed E-state index contributed by atoms with van der Waals surface area (Å²) < 4.78 is 0. The van der Waals surface area contributed by atoms with E-state index in [0.29, 0.717) is 28.0 Å². The fourth-order valence-electron chi connectivity index (χ4n) is 2.58. The quantitative estimate of drug-likeness (QED) is 0.741. The number of alkyl halides is 1. The Morgan fingerprint density at radius 2 is 1.95 bits per heavy atom. The Bertz CT molecular complexity index is 458. The number of rotatable bonds is 4. The number of carbonyl (C=O) groups excluding carboxylic acids is 1. The molecule has 2 rings (SSSR count). The summed E-state index contributed by atoms with van der Waals surface area (Å²) in [5, 5.41) is 0.733. The number of carbonyl (C=O) groups is 1. The van der Waals surface area contributed by atoms with E-state index < -0.39 is 0 Å². The average molecular weight is 321 g/mol. The topological polar surface area (TPSA) is 20.3 Å². The molecule has 0 aliphatic heterocycles. The number of hydrogen-bond donors (Lipinski definition) is 0. The largest absolute Gasteiger partial charge is 0.334 e. The second-order valence-corrected chi connectivity index (χ2v) is 5.89. The van der Waals surface area contributed by atoms with Crippen molar-refractivity contribution in [1.82, 2.24) is 4.90 Å². The van der Waals surface area contributed by atoms with E-state index in [1.165, 1.54) is 12.8 Å². The van der Waals surface area contributed by atoms with Gasteiger partial charge in [0, 0.05) is 18.5 Å². The predicted molar refractivity (Wildman–Crippen MR) is 80.5 cm³/mol. The maximum absolute atomic E-state index is 12.6. The fourth-order valence-corrected chi connectivity index (χ4v) is 3.14. The van der Waals surface area contributed by atoms with Crippen LogP contribution in [0.2, 0.25) is 10.0 Å². The van der Waals surface area contributed by atoms with Crippen molar-refractivity contribution >= 4 is 40.7 Å². The molecule has 1 saturated carbocycles. The molecule has 0 N–H and O–H groups in total. The lowest BCUT2D eigenvalue weighted by Gasteiger charge is -2.28. The molecule has 0 bridgehead atoms. The lowest BCUT2D eigenvalue weighted by Crippen LogP contribution is -2.40. The summed E-state index contributed by atoms with van der Waals surface area (Å²) in [5.41, 5.74) is 0.464. The van der Waals surface area contributed by atoms with Crippen LogP contribution in [-0.4, -0.2) is 29.3 Å². The minimum Gasteiger partial charge on any atom is -0.334 e. The molecule has 19 heavy (non-hydrogen) atoms. The van der Waals surface area contributed by atoms with Crippen molar-refractivity contribution in [1.29, 1.82) is 0 Å². The molecular formula is C14H16Cl3NO. The van der Waals surface area contributed by atoms with Gasteiger partial charge in [-0.3, -0.25) is 4.79 Å².